The fourth-order valence-electron chi connectivity index (χ4n) is 6.43. The summed E-state index contributed by atoms with van der Waals surface area (Å²) in [6.45, 7) is 11.0. The largest absolute Gasteiger partial charge is 0.485 e. The molecule has 4 aromatic rings. The lowest BCUT2D eigenvalue weighted by Crippen LogP contribution is -2.43. The van der Waals surface area contributed by atoms with Gasteiger partial charge in [0.2, 0.25) is 5.78 Å². The summed E-state index contributed by atoms with van der Waals surface area (Å²) in [5.41, 5.74) is 3.52. The molecule has 1 saturated heterocycles. The summed E-state index contributed by atoms with van der Waals surface area (Å²) in [5, 5.41) is 4.60. The number of esters is 1. The van der Waals surface area contributed by atoms with Gasteiger partial charge in [-0.15, -0.1) is 5.10 Å². The Labute approximate surface area is 284 Å². The molecule has 0 spiro atoms. The molecule has 0 aliphatic carbocycles. The van der Waals surface area contributed by atoms with Crippen LogP contribution in [0.2, 0.25) is 0 Å². The zero-order valence-electron chi connectivity index (χ0n) is 28.6. The zero-order valence-corrected chi connectivity index (χ0v) is 28.6. The van der Waals surface area contributed by atoms with Crippen LogP contribution in [-0.2, 0) is 33.8 Å². The fourth-order valence-corrected chi connectivity index (χ4v) is 6.43. The lowest BCUT2D eigenvalue weighted by atomic mass is 9.98. The number of carbonyl (C=O) groups is 2. The van der Waals surface area contributed by atoms with Crippen molar-refractivity contribution in [3.63, 3.8) is 0 Å². The van der Waals surface area contributed by atoms with Crippen molar-refractivity contribution in [1.29, 1.82) is 0 Å². The summed E-state index contributed by atoms with van der Waals surface area (Å²) < 4.78 is 19.8. The van der Waals surface area contributed by atoms with E-state index in [1.54, 1.807) is 23.3 Å². The number of ether oxygens (including phenoxy) is 3. The predicted octanol–water partition coefficient (Wildman–Crippen LogP) is 4.21. The van der Waals surface area contributed by atoms with E-state index in [0.717, 1.165) is 16.7 Å². The van der Waals surface area contributed by atoms with E-state index in [9.17, 15) is 14.4 Å². The van der Waals surface area contributed by atoms with Crippen molar-refractivity contribution in [2.24, 2.45) is 0 Å². The van der Waals surface area contributed by atoms with Gasteiger partial charge in [0, 0.05) is 17.8 Å². The van der Waals surface area contributed by atoms with Crippen LogP contribution in [0.1, 0.15) is 79.4 Å². The first-order chi connectivity index (χ1) is 23.6. The van der Waals surface area contributed by atoms with Crippen molar-refractivity contribution in [2.45, 2.75) is 72.6 Å². The van der Waals surface area contributed by atoms with Crippen LogP contribution in [-0.4, -0.2) is 77.8 Å². The van der Waals surface area contributed by atoms with Gasteiger partial charge in [-0.2, -0.15) is 9.50 Å². The molecule has 0 unspecified atom stereocenters. The maximum absolute atomic E-state index is 14.2. The normalized spacial score (nSPS) is 16.6. The third-order valence-electron chi connectivity index (χ3n) is 8.82. The molecule has 3 aromatic heterocycles. The van der Waals surface area contributed by atoms with Crippen molar-refractivity contribution in [1.82, 2.24) is 34.0 Å². The fraction of sp³-hybridized carbons (Fsp3) is 0.417. The van der Waals surface area contributed by atoms with Crippen molar-refractivity contribution in [3.8, 4) is 5.75 Å². The first-order valence-corrected chi connectivity index (χ1v) is 16.6. The highest BCUT2D eigenvalue weighted by Gasteiger charge is 2.40. The zero-order chi connectivity index (χ0) is 34.7. The smallest absolute Gasteiger partial charge is 0.326 e. The molecule has 2 aliphatic heterocycles. The topological polar surface area (TPSA) is 143 Å². The minimum Gasteiger partial charge on any atom is -0.485 e. The van der Waals surface area contributed by atoms with Crippen molar-refractivity contribution in [3.05, 3.63) is 92.7 Å². The number of nitrogens with zero attached hydrogens (tertiary/aromatic N) is 7. The van der Waals surface area contributed by atoms with E-state index in [1.807, 2.05) is 63.3 Å². The van der Waals surface area contributed by atoms with Gasteiger partial charge in [0.1, 0.15) is 19.5 Å². The second-order valence-electron chi connectivity index (χ2n) is 12.7. The summed E-state index contributed by atoms with van der Waals surface area (Å²) in [7, 11) is 0. The summed E-state index contributed by atoms with van der Waals surface area (Å²) in [6, 6.07) is 9.69. The summed E-state index contributed by atoms with van der Waals surface area (Å²) in [5.74, 6) is 0.296. The molecule has 1 fully saturated rings. The number of fused-ring (bicyclic) bond motifs is 1. The highest BCUT2D eigenvalue weighted by atomic mass is 16.5. The molecule has 1 amide bonds. The van der Waals surface area contributed by atoms with Crippen LogP contribution < -0.4 is 10.3 Å². The molecule has 1 aromatic carbocycles. The number of hydrogen-bond acceptors (Lipinski definition) is 10. The van der Waals surface area contributed by atoms with E-state index in [-0.39, 0.29) is 49.2 Å². The molecular weight excluding hydrogens is 626 g/mol. The van der Waals surface area contributed by atoms with Gasteiger partial charge in [-0.3, -0.25) is 14.4 Å². The SMILES string of the molecule is CCOC(=O)Cn1c(CC)c(/C=C2/CN(C(=O)c3ncnc(C)c3OCc3ccccc3)C(C)(C)C2)c(=O)n2nc(C3=CCOCC3)nc12. The third-order valence-corrected chi connectivity index (χ3v) is 8.82. The number of carbonyl (C=O) groups excluding carboxylic acids is 2. The van der Waals surface area contributed by atoms with Crippen molar-refractivity contribution >= 4 is 29.3 Å². The molecule has 6 rings (SSSR count). The molecule has 5 heterocycles. The summed E-state index contributed by atoms with van der Waals surface area (Å²) in [6.07, 6.45) is 6.68. The predicted molar refractivity (Wildman–Crippen MR) is 182 cm³/mol. The maximum Gasteiger partial charge on any atom is 0.326 e. The van der Waals surface area contributed by atoms with Gasteiger partial charge in [-0.05, 0) is 69.7 Å². The van der Waals surface area contributed by atoms with Gasteiger partial charge in [-0.25, -0.2) is 9.97 Å². The Morgan fingerprint density at radius 1 is 1.12 bits per heavy atom. The minimum absolute atomic E-state index is 0.133. The van der Waals surface area contributed by atoms with Crippen LogP contribution in [0.25, 0.3) is 17.4 Å². The lowest BCUT2D eigenvalue weighted by Gasteiger charge is -2.31. The Balaban J connectivity index is 1.38. The quantitative estimate of drug-likeness (QED) is 0.226. The summed E-state index contributed by atoms with van der Waals surface area (Å²) in [4.78, 5) is 56.3. The van der Waals surface area contributed by atoms with Gasteiger partial charge in [0.25, 0.3) is 11.5 Å². The van der Waals surface area contributed by atoms with Crippen LogP contribution in [0.3, 0.4) is 0 Å². The molecule has 0 atom stereocenters. The van der Waals surface area contributed by atoms with E-state index in [1.165, 1.54) is 10.8 Å². The molecule has 0 saturated carbocycles. The van der Waals surface area contributed by atoms with E-state index >= 15 is 0 Å². The molecule has 0 N–H and O–H groups in total. The van der Waals surface area contributed by atoms with Gasteiger partial charge in [0.05, 0.1) is 31.1 Å². The van der Waals surface area contributed by atoms with Gasteiger partial charge < -0.3 is 23.7 Å². The number of likely N-dealkylation sites (tertiary alicyclic amines) is 1. The molecule has 13 heteroatoms. The Morgan fingerprint density at radius 3 is 2.63 bits per heavy atom. The molecular formula is C36H41N7O6. The van der Waals surface area contributed by atoms with Crippen LogP contribution in [0.5, 0.6) is 5.75 Å². The highest BCUT2D eigenvalue weighted by molar-refractivity contribution is 5.96. The number of benzene rings is 1. The third kappa shape index (κ3) is 6.89. The number of hydrogen-bond donors (Lipinski definition) is 0. The van der Waals surface area contributed by atoms with Gasteiger partial charge in [-0.1, -0.05) is 43.3 Å². The van der Waals surface area contributed by atoms with E-state index in [0.29, 0.717) is 61.0 Å². The monoisotopic (exact) mass is 667 g/mol. The Kier molecular flexibility index (Phi) is 9.72. The average Bonchev–Trinajstić information content (AvgIpc) is 3.68. The number of aromatic nitrogens is 6. The van der Waals surface area contributed by atoms with Crippen LogP contribution in [0.4, 0.5) is 0 Å². The van der Waals surface area contributed by atoms with Crippen molar-refractivity contribution in [2.75, 3.05) is 26.4 Å². The molecule has 0 bridgehead atoms. The first kappa shape index (κ1) is 33.7. The molecule has 49 heavy (non-hydrogen) atoms. The second kappa shape index (κ2) is 14.1. The van der Waals surface area contributed by atoms with Crippen LogP contribution in [0, 0.1) is 6.92 Å². The van der Waals surface area contributed by atoms with Gasteiger partial charge in [0.15, 0.2) is 17.3 Å². The number of aryl methyl sites for hydroxylation is 1. The molecule has 0 radical (unpaired) electrons. The standard InChI is InChI=1S/C36H41N7O6/c1-6-28-27(33(45)43-35(41(28)20-29(44)48-7-2)39-32(40-43)26-13-15-47-16-14-26)17-25-18-36(4,5)42(19-25)34(46)30-31(23(3)37-22-38-30)49-21-24-11-9-8-10-12-24/h8-13,17,22H,6-7,14-16,18-21H2,1-5H3/b25-17+. The van der Waals surface area contributed by atoms with E-state index < -0.39 is 11.5 Å². The highest BCUT2D eigenvalue weighted by Crippen LogP contribution is 2.36. The summed E-state index contributed by atoms with van der Waals surface area (Å²) >= 11 is 0. The van der Waals surface area contributed by atoms with E-state index in [2.05, 4.69) is 15.1 Å². The van der Waals surface area contributed by atoms with Crippen LogP contribution in [0.15, 0.2) is 53.1 Å². The number of rotatable bonds is 10. The Hall–Kier alpha value is -5.17. The Bertz CT molecular complexity index is 2010. The average molecular weight is 668 g/mol. The second-order valence-corrected chi connectivity index (χ2v) is 12.7. The number of amides is 1. The molecule has 13 nitrogen and oxygen atoms in total. The maximum atomic E-state index is 14.2. The minimum atomic E-state index is -0.602. The van der Waals surface area contributed by atoms with Crippen LogP contribution >= 0.6 is 0 Å². The van der Waals surface area contributed by atoms with Gasteiger partial charge >= 0.3 is 5.97 Å². The first-order valence-electron chi connectivity index (χ1n) is 16.6. The molecule has 256 valence electrons. The van der Waals surface area contributed by atoms with Crippen molar-refractivity contribution < 1.29 is 23.8 Å². The Morgan fingerprint density at radius 2 is 1.92 bits per heavy atom. The molecule has 2 aliphatic rings. The lowest BCUT2D eigenvalue weighted by molar-refractivity contribution is -0.143. The van der Waals surface area contributed by atoms with E-state index in [4.69, 9.17) is 19.2 Å².